The second-order valence-corrected chi connectivity index (χ2v) is 10.6. The first-order valence-electron chi connectivity index (χ1n) is 10.5. The summed E-state index contributed by atoms with van der Waals surface area (Å²) in [5.74, 6) is 0. The molecule has 2 aromatic heterocycles. The van der Waals surface area contributed by atoms with Crippen molar-refractivity contribution in [2.75, 3.05) is 57.5 Å². The van der Waals surface area contributed by atoms with Gasteiger partial charge in [-0.25, -0.2) is 9.97 Å². The maximum atomic E-state index is 5.96. The third-order valence-corrected chi connectivity index (χ3v) is 7.46. The number of aromatic nitrogens is 2. The van der Waals surface area contributed by atoms with E-state index in [1.807, 2.05) is 30.3 Å². The van der Waals surface area contributed by atoms with Crippen LogP contribution in [0.25, 0.3) is 20.4 Å². The minimum Gasteiger partial charge on any atom is -0.379 e. The summed E-state index contributed by atoms with van der Waals surface area (Å²) in [7, 11) is 0. The van der Waals surface area contributed by atoms with E-state index in [9.17, 15) is 0 Å². The molecular weight excluding hydrogens is 523 g/mol. The summed E-state index contributed by atoms with van der Waals surface area (Å²) < 4.78 is 13.1. The van der Waals surface area contributed by atoms with Gasteiger partial charge in [-0.2, -0.15) is 0 Å². The van der Waals surface area contributed by atoms with Gasteiger partial charge in [0.15, 0.2) is 9.60 Å². The van der Waals surface area contributed by atoms with Gasteiger partial charge in [0, 0.05) is 36.2 Å². The van der Waals surface area contributed by atoms with Crippen LogP contribution in [0, 0.1) is 0 Å². The summed E-state index contributed by atoms with van der Waals surface area (Å²) in [5.41, 5.74) is 1.93. The SMILES string of the molecule is C1COCCN1.Clc1ccc2nc(Cl)sc2c1.Clc1ccc2nc(N3CCOCC3)sc2c1. The standard InChI is InChI=1S/C11H11ClN2OS.C7H3Cl2NS.C4H9NO/c12-8-1-2-9-10(7-8)16-11(13-9)14-3-5-15-6-4-14;8-4-1-2-5-6(3-4)11-7(9)10-5;1-3-6-4-2-5-1/h1-2,7H,3-6H2;1-3H;5H,1-4H2. The number of fused-ring (bicyclic) bond motifs is 2. The Kier molecular flexibility index (Phi) is 9.40. The Bertz CT molecular complexity index is 1170. The molecule has 11 heteroatoms. The molecule has 0 amide bonds. The van der Waals surface area contributed by atoms with E-state index in [-0.39, 0.29) is 0 Å². The van der Waals surface area contributed by atoms with Crippen LogP contribution in [0.1, 0.15) is 0 Å². The highest BCUT2D eigenvalue weighted by molar-refractivity contribution is 7.22. The van der Waals surface area contributed by atoms with E-state index in [0.717, 1.165) is 88.2 Å². The van der Waals surface area contributed by atoms with Gasteiger partial charge >= 0.3 is 0 Å². The Morgan fingerprint density at radius 3 is 1.91 bits per heavy atom. The van der Waals surface area contributed by atoms with Crippen molar-refractivity contribution in [2.45, 2.75) is 0 Å². The summed E-state index contributed by atoms with van der Waals surface area (Å²) in [6.45, 7) is 7.26. The predicted molar refractivity (Wildman–Crippen MR) is 141 cm³/mol. The zero-order valence-electron chi connectivity index (χ0n) is 17.7. The third-order valence-electron chi connectivity index (χ3n) is 4.79. The van der Waals surface area contributed by atoms with Crippen LogP contribution >= 0.6 is 57.5 Å². The lowest BCUT2D eigenvalue weighted by Gasteiger charge is -2.25. The van der Waals surface area contributed by atoms with Gasteiger partial charge in [0.1, 0.15) is 0 Å². The molecule has 0 saturated carbocycles. The number of benzene rings is 2. The minimum absolute atomic E-state index is 0.558. The first-order valence-corrected chi connectivity index (χ1v) is 13.2. The number of hydrogen-bond donors (Lipinski definition) is 1. The van der Waals surface area contributed by atoms with Gasteiger partial charge in [0.2, 0.25) is 0 Å². The lowest BCUT2D eigenvalue weighted by molar-refractivity contribution is 0.109. The van der Waals surface area contributed by atoms with E-state index in [0.29, 0.717) is 4.47 Å². The molecule has 0 spiro atoms. The second kappa shape index (κ2) is 12.5. The molecule has 0 radical (unpaired) electrons. The van der Waals surface area contributed by atoms with Crippen molar-refractivity contribution >= 4 is 83.0 Å². The van der Waals surface area contributed by atoms with Crippen molar-refractivity contribution in [2.24, 2.45) is 0 Å². The van der Waals surface area contributed by atoms with Gasteiger partial charge < -0.3 is 19.7 Å². The fraction of sp³-hybridized carbons (Fsp3) is 0.364. The lowest BCUT2D eigenvalue weighted by atomic mass is 10.3. The Balaban J connectivity index is 0.000000132. The van der Waals surface area contributed by atoms with Gasteiger partial charge in [-0.1, -0.05) is 46.1 Å². The summed E-state index contributed by atoms with van der Waals surface area (Å²) in [5, 5.41) is 5.72. The molecule has 0 unspecified atom stereocenters. The van der Waals surface area contributed by atoms with E-state index in [1.54, 1.807) is 17.4 Å². The molecule has 6 nitrogen and oxygen atoms in total. The highest BCUT2D eigenvalue weighted by Crippen LogP contribution is 2.31. The smallest absolute Gasteiger partial charge is 0.186 e. The van der Waals surface area contributed by atoms with Crippen LogP contribution in [0.3, 0.4) is 0 Å². The average Bonchev–Trinajstić information content (AvgIpc) is 3.43. The maximum Gasteiger partial charge on any atom is 0.186 e. The Morgan fingerprint density at radius 2 is 1.33 bits per heavy atom. The first-order chi connectivity index (χ1) is 16.1. The second-order valence-electron chi connectivity index (χ2n) is 7.15. The molecule has 1 N–H and O–H groups in total. The molecule has 2 aliphatic heterocycles. The molecule has 176 valence electrons. The molecule has 2 saturated heterocycles. The molecule has 2 aliphatic rings. The molecular formula is C22H23Cl3N4O2S2. The highest BCUT2D eigenvalue weighted by Gasteiger charge is 2.15. The van der Waals surface area contributed by atoms with Crippen molar-refractivity contribution in [3.05, 3.63) is 50.9 Å². The van der Waals surface area contributed by atoms with E-state index in [4.69, 9.17) is 44.3 Å². The third kappa shape index (κ3) is 7.37. The molecule has 0 bridgehead atoms. The monoisotopic (exact) mass is 544 g/mol. The van der Waals surface area contributed by atoms with Crippen LogP contribution in [0.2, 0.25) is 14.5 Å². The zero-order valence-corrected chi connectivity index (χ0v) is 21.6. The molecule has 2 fully saturated rings. The average molecular weight is 546 g/mol. The number of nitrogens with zero attached hydrogens (tertiary/aromatic N) is 3. The van der Waals surface area contributed by atoms with Gasteiger partial charge in [0.05, 0.1) is 46.9 Å². The van der Waals surface area contributed by atoms with Crippen molar-refractivity contribution < 1.29 is 9.47 Å². The Labute approximate surface area is 215 Å². The molecule has 0 atom stereocenters. The van der Waals surface area contributed by atoms with Crippen molar-refractivity contribution in [1.82, 2.24) is 15.3 Å². The van der Waals surface area contributed by atoms with E-state index in [1.165, 1.54) is 11.3 Å². The molecule has 33 heavy (non-hydrogen) atoms. The summed E-state index contributed by atoms with van der Waals surface area (Å²) in [6.07, 6.45) is 0. The van der Waals surface area contributed by atoms with Gasteiger partial charge in [-0.3, -0.25) is 0 Å². The van der Waals surface area contributed by atoms with Crippen LogP contribution in [0.5, 0.6) is 0 Å². The topological polar surface area (TPSA) is 59.5 Å². The van der Waals surface area contributed by atoms with Crippen LogP contribution < -0.4 is 10.2 Å². The number of anilines is 1. The number of morpholine rings is 2. The normalized spacial score (nSPS) is 16.2. The predicted octanol–water partition coefficient (Wildman–Crippen LogP) is 6.00. The van der Waals surface area contributed by atoms with Crippen LogP contribution in [0.15, 0.2) is 36.4 Å². The molecule has 4 aromatic rings. The highest BCUT2D eigenvalue weighted by atomic mass is 35.5. The molecule has 6 rings (SSSR count). The van der Waals surface area contributed by atoms with Crippen LogP contribution in [-0.4, -0.2) is 62.6 Å². The number of thiazole rings is 2. The van der Waals surface area contributed by atoms with Crippen molar-refractivity contribution in [3.63, 3.8) is 0 Å². The number of rotatable bonds is 1. The first kappa shape index (κ1) is 24.9. The summed E-state index contributed by atoms with van der Waals surface area (Å²) in [6, 6.07) is 11.4. The van der Waals surface area contributed by atoms with Crippen LogP contribution in [-0.2, 0) is 9.47 Å². The molecule has 2 aromatic carbocycles. The Hall–Kier alpha value is -1.23. The number of hydrogen-bond acceptors (Lipinski definition) is 8. The fourth-order valence-corrected chi connectivity index (χ4v) is 5.76. The van der Waals surface area contributed by atoms with Crippen LogP contribution in [0.4, 0.5) is 5.13 Å². The van der Waals surface area contributed by atoms with E-state index < -0.39 is 0 Å². The van der Waals surface area contributed by atoms with Gasteiger partial charge in [-0.05, 0) is 36.4 Å². The fourth-order valence-electron chi connectivity index (χ4n) is 3.16. The minimum atomic E-state index is 0.558. The van der Waals surface area contributed by atoms with Crippen molar-refractivity contribution in [1.29, 1.82) is 0 Å². The summed E-state index contributed by atoms with van der Waals surface area (Å²) in [4.78, 5) is 11.0. The lowest BCUT2D eigenvalue weighted by Crippen LogP contribution is -2.36. The molecule has 4 heterocycles. The number of halogens is 3. The van der Waals surface area contributed by atoms with Gasteiger partial charge in [0.25, 0.3) is 0 Å². The van der Waals surface area contributed by atoms with E-state index >= 15 is 0 Å². The number of ether oxygens (including phenoxy) is 2. The van der Waals surface area contributed by atoms with E-state index in [2.05, 4.69) is 20.2 Å². The number of nitrogens with one attached hydrogen (secondary N) is 1. The van der Waals surface area contributed by atoms with Crippen molar-refractivity contribution in [3.8, 4) is 0 Å². The quantitative estimate of drug-likeness (QED) is 0.317. The Morgan fingerprint density at radius 1 is 0.758 bits per heavy atom. The summed E-state index contributed by atoms with van der Waals surface area (Å²) >= 11 is 20.6. The maximum absolute atomic E-state index is 5.96. The largest absolute Gasteiger partial charge is 0.379 e. The zero-order chi connectivity index (χ0) is 23.0. The van der Waals surface area contributed by atoms with Gasteiger partial charge in [-0.15, -0.1) is 11.3 Å². The molecule has 0 aliphatic carbocycles.